The molecule has 0 saturated carbocycles. The van der Waals surface area contributed by atoms with Gasteiger partial charge in [-0.15, -0.1) is 11.3 Å². The Balaban J connectivity index is 1.87. The molecule has 1 aromatic heterocycles. The minimum absolute atomic E-state index is 0.156. The highest BCUT2D eigenvalue weighted by atomic mass is 79.9. The smallest absolute Gasteiger partial charge is 0.343 e. The van der Waals surface area contributed by atoms with Crippen molar-refractivity contribution in [2.45, 2.75) is 0 Å². The van der Waals surface area contributed by atoms with E-state index in [9.17, 15) is 9.59 Å². The quantitative estimate of drug-likeness (QED) is 0.214. The molecule has 136 valence electrons. The molecule has 0 atom stereocenters. The SMILES string of the molecule is COc1ccc(C(=O)C=Cc2cccs2)c(OC(=O)c2ccc(Br)cc2)c1. The Morgan fingerprint density at radius 2 is 1.85 bits per heavy atom. The Labute approximate surface area is 169 Å². The van der Waals surface area contributed by atoms with E-state index >= 15 is 0 Å². The number of carbonyl (C=O) groups excluding carboxylic acids is 2. The first-order valence-corrected chi connectivity index (χ1v) is 9.66. The van der Waals surface area contributed by atoms with Crippen molar-refractivity contribution in [3.63, 3.8) is 0 Å². The minimum atomic E-state index is -0.549. The van der Waals surface area contributed by atoms with Gasteiger partial charge in [0, 0.05) is 15.4 Å². The van der Waals surface area contributed by atoms with Gasteiger partial charge >= 0.3 is 5.97 Å². The average molecular weight is 443 g/mol. The molecule has 6 heteroatoms. The third-order valence-electron chi connectivity index (χ3n) is 3.68. The number of ketones is 1. The minimum Gasteiger partial charge on any atom is -0.497 e. The summed E-state index contributed by atoms with van der Waals surface area (Å²) in [6, 6.07) is 15.4. The standard InChI is InChI=1S/C21H15BrO4S/c1-25-16-8-10-18(19(23)11-9-17-3-2-12-27-17)20(13-16)26-21(24)14-4-6-15(22)7-5-14/h2-13H,1H3. The van der Waals surface area contributed by atoms with Gasteiger partial charge in [-0.3, -0.25) is 4.79 Å². The third kappa shape index (κ3) is 4.93. The highest BCUT2D eigenvalue weighted by Crippen LogP contribution is 2.27. The average Bonchev–Trinajstić information content (AvgIpc) is 3.20. The number of esters is 1. The van der Waals surface area contributed by atoms with E-state index in [1.165, 1.54) is 30.6 Å². The fourth-order valence-corrected chi connectivity index (χ4v) is 3.18. The van der Waals surface area contributed by atoms with E-state index in [0.29, 0.717) is 11.3 Å². The number of allylic oxidation sites excluding steroid dienone is 1. The van der Waals surface area contributed by atoms with Gasteiger partial charge in [-0.25, -0.2) is 4.79 Å². The molecule has 0 radical (unpaired) electrons. The molecule has 3 rings (SSSR count). The maximum Gasteiger partial charge on any atom is 0.343 e. The molecular weight excluding hydrogens is 428 g/mol. The van der Waals surface area contributed by atoms with Crippen LogP contribution in [0.25, 0.3) is 6.08 Å². The number of methoxy groups -OCH3 is 1. The van der Waals surface area contributed by atoms with E-state index in [0.717, 1.165) is 9.35 Å². The number of hydrogen-bond donors (Lipinski definition) is 0. The van der Waals surface area contributed by atoms with Crippen LogP contribution in [0.5, 0.6) is 11.5 Å². The number of rotatable bonds is 6. The zero-order valence-corrected chi connectivity index (χ0v) is 16.7. The fraction of sp³-hybridized carbons (Fsp3) is 0.0476. The van der Waals surface area contributed by atoms with Gasteiger partial charge in [0.15, 0.2) is 5.78 Å². The Morgan fingerprint density at radius 3 is 2.52 bits per heavy atom. The first kappa shape index (κ1) is 19.1. The first-order chi connectivity index (χ1) is 13.1. The van der Waals surface area contributed by atoms with Gasteiger partial charge < -0.3 is 9.47 Å². The lowest BCUT2D eigenvalue weighted by atomic mass is 10.1. The maximum atomic E-state index is 12.6. The molecule has 0 aliphatic carbocycles. The van der Waals surface area contributed by atoms with Crippen LogP contribution < -0.4 is 9.47 Å². The van der Waals surface area contributed by atoms with Crippen LogP contribution in [0, 0.1) is 0 Å². The second kappa shape index (κ2) is 8.79. The maximum absolute atomic E-state index is 12.6. The molecule has 1 heterocycles. The molecule has 0 bridgehead atoms. The van der Waals surface area contributed by atoms with E-state index in [-0.39, 0.29) is 17.1 Å². The second-order valence-corrected chi connectivity index (χ2v) is 7.37. The van der Waals surface area contributed by atoms with Gasteiger partial charge in [0.05, 0.1) is 18.2 Å². The zero-order valence-electron chi connectivity index (χ0n) is 14.3. The summed E-state index contributed by atoms with van der Waals surface area (Å²) in [5, 5.41) is 1.93. The summed E-state index contributed by atoms with van der Waals surface area (Å²) in [5.41, 5.74) is 0.669. The van der Waals surface area contributed by atoms with E-state index in [4.69, 9.17) is 9.47 Å². The van der Waals surface area contributed by atoms with Gasteiger partial charge in [0.1, 0.15) is 11.5 Å². The van der Waals surface area contributed by atoms with E-state index in [1.54, 1.807) is 42.5 Å². The summed E-state index contributed by atoms with van der Waals surface area (Å²) in [6.45, 7) is 0. The van der Waals surface area contributed by atoms with Crippen LogP contribution in [0.1, 0.15) is 25.6 Å². The van der Waals surface area contributed by atoms with Crippen molar-refractivity contribution in [1.82, 2.24) is 0 Å². The molecule has 2 aromatic carbocycles. The topological polar surface area (TPSA) is 52.6 Å². The highest BCUT2D eigenvalue weighted by molar-refractivity contribution is 9.10. The summed E-state index contributed by atoms with van der Waals surface area (Å²) in [6.07, 6.45) is 3.20. The lowest BCUT2D eigenvalue weighted by Crippen LogP contribution is -2.11. The van der Waals surface area contributed by atoms with Crippen LogP contribution in [-0.4, -0.2) is 18.9 Å². The van der Waals surface area contributed by atoms with Crippen molar-refractivity contribution in [2.75, 3.05) is 7.11 Å². The molecule has 4 nitrogen and oxygen atoms in total. The lowest BCUT2D eigenvalue weighted by Gasteiger charge is -2.10. The first-order valence-electron chi connectivity index (χ1n) is 7.98. The van der Waals surface area contributed by atoms with Gasteiger partial charge in [-0.2, -0.15) is 0 Å². The number of halogens is 1. The highest BCUT2D eigenvalue weighted by Gasteiger charge is 2.16. The van der Waals surface area contributed by atoms with Crippen molar-refractivity contribution >= 4 is 45.1 Å². The van der Waals surface area contributed by atoms with Crippen LogP contribution in [-0.2, 0) is 0 Å². The molecule has 0 N–H and O–H groups in total. The van der Waals surface area contributed by atoms with Gasteiger partial charge in [-0.05, 0) is 60.0 Å². The van der Waals surface area contributed by atoms with E-state index in [2.05, 4.69) is 15.9 Å². The largest absolute Gasteiger partial charge is 0.497 e. The van der Waals surface area contributed by atoms with Crippen molar-refractivity contribution in [2.24, 2.45) is 0 Å². The molecule has 0 amide bonds. The second-order valence-electron chi connectivity index (χ2n) is 5.47. The number of carbonyl (C=O) groups is 2. The van der Waals surface area contributed by atoms with E-state index < -0.39 is 5.97 Å². The molecule has 0 aliphatic heterocycles. The predicted molar refractivity (Wildman–Crippen MR) is 110 cm³/mol. The molecular formula is C21H15BrO4S. The van der Waals surface area contributed by atoms with Gasteiger partial charge in [0.2, 0.25) is 0 Å². The molecule has 0 fully saturated rings. The monoisotopic (exact) mass is 442 g/mol. The molecule has 27 heavy (non-hydrogen) atoms. The number of ether oxygens (including phenoxy) is 2. The van der Waals surface area contributed by atoms with Gasteiger partial charge in [0.25, 0.3) is 0 Å². The zero-order chi connectivity index (χ0) is 19.2. The van der Waals surface area contributed by atoms with E-state index in [1.807, 2.05) is 17.5 Å². The Kier molecular flexibility index (Phi) is 6.21. The summed E-state index contributed by atoms with van der Waals surface area (Å²) in [4.78, 5) is 26.0. The number of thiophene rings is 1. The Morgan fingerprint density at radius 1 is 1.07 bits per heavy atom. The van der Waals surface area contributed by atoms with Crippen molar-refractivity contribution in [1.29, 1.82) is 0 Å². The summed E-state index contributed by atoms with van der Waals surface area (Å²) < 4.78 is 11.5. The van der Waals surface area contributed by atoms with Crippen LogP contribution in [0.4, 0.5) is 0 Å². The lowest BCUT2D eigenvalue weighted by molar-refractivity contribution is 0.0733. The summed E-state index contributed by atoms with van der Waals surface area (Å²) in [7, 11) is 1.51. The molecule has 0 aliphatic rings. The Hall–Kier alpha value is -2.70. The molecule has 0 saturated heterocycles. The van der Waals surface area contributed by atoms with Crippen molar-refractivity contribution in [3.8, 4) is 11.5 Å². The summed E-state index contributed by atoms with van der Waals surface area (Å²) >= 11 is 4.86. The van der Waals surface area contributed by atoms with Crippen molar-refractivity contribution in [3.05, 3.63) is 86.5 Å². The fourth-order valence-electron chi connectivity index (χ4n) is 2.30. The normalized spacial score (nSPS) is 10.7. The summed E-state index contributed by atoms with van der Waals surface area (Å²) in [5.74, 6) is -0.160. The Bertz CT molecular complexity index is 976. The molecule has 3 aromatic rings. The van der Waals surface area contributed by atoms with Crippen LogP contribution in [0.3, 0.4) is 0 Å². The predicted octanol–water partition coefficient (Wildman–Crippen LogP) is 5.63. The third-order valence-corrected chi connectivity index (χ3v) is 5.05. The molecule has 0 spiro atoms. The number of benzene rings is 2. The van der Waals surface area contributed by atoms with Crippen LogP contribution in [0.2, 0.25) is 0 Å². The van der Waals surface area contributed by atoms with Crippen molar-refractivity contribution < 1.29 is 19.1 Å². The number of hydrogen-bond acceptors (Lipinski definition) is 5. The van der Waals surface area contributed by atoms with Crippen LogP contribution in [0.15, 0.2) is 70.5 Å². The van der Waals surface area contributed by atoms with Gasteiger partial charge in [-0.1, -0.05) is 22.0 Å². The molecule has 0 unspecified atom stereocenters. The van der Waals surface area contributed by atoms with Crippen LogP contribution >= 0.6 is 27.3 Å².